The average Bonchev–Trinajstić information content (AvgIpc) is 2.81. The molecular weight excluding hydrogens is 374 g/mol. The third-order valence-electron chi connectivity index (χ3n) is 5.61. The number of aryl methyl sites for hydroxylation is 1. The summed E-state index contributed by atoms with van der Waals surface area (Å²) in [4.78, 5) is 28.1. The predicted octanol–water partition coefficient (Wildman–Crippen LogP) is 4.39. The number of anilines is 1. The summed E-state index contributed by atoms with van der Waals surface area (Å²) < 4.78 is 0. The number of carbonyl (C=O) groups is 1. The largest absolute Gasteiger partial charge is 0.366 e. The lowest BCUT2D eigenvalue weighted by Gasteiger charge is -2.26. The molecule has 1 N–H and O–H groups in total. The normalized spacial score (nSPS) is 13.9. The maximum absolute atomic E-state index is 12.6. The Labute approximate surface area is 177 Å². The highest BCUT2D eigenvalue weighted by Crippen LogP contribution is 2.22. The molecule has 0 unspecified atom stereocenters. The van der Waals surface area contributed by atoms with Gasteiger partial charge in [0, 0.05) is 54.4 Å². The molecule has 154 valence electrons. The molecule has 1 saturated heterocycles. The highest BCUT2D eigenvalue weighted by atomic mass is 16.2. The van der Waals surface area contributed by atoms with Crippen LogP contribution in [0, 0.1) is 13.8 Å². The fourth-order valence-corrected chi connectivity index (χ4v) is 3.66. The van der Waals surface area contributed by atoms with E-state index in [1.54, 1.807) is 12.4 Å². The number of likely N-dealkylation sites (tertiary alicyclic amines) is 1. The molecule has 0 aliphatic carbocycles. The van der Waals surface area contributed by atoms with Gasteiger partial charge in [-0.2, -0.15) is 0 Å². The summed E-state index contributed by atoms with van der Waals surface area (Å²) >= 11 is 0. The van der Waals surface area contributed by atoms with E-state index >= 15 is 0 Å². The number of rotatable bonds is 5. The van der Waals surface area contributed by atoms with E-state index in [2.05, 4.69) is 15.3 Å². The lowest BCUT2D eigenvalue weighted by atomic mass is 10.1. The number of nitrogens with one attached hydrogen (secondary N) is 1. The Hall–Kier alpha value is -3.28. The quantitative estimate of drug-likeness (QED) is 0.686. The number of carbonyl (C=O) groups excluding carboxylic acids is 1. The van der Waals surface area contributed by atoms with Crippen LogP contribution in [0.5, 0.6) is 0 Å². The first kappa shape index (κ1) is 20.0. The molecule has 6 nitrogen and oxygen atoms in total. The monoisotopic (exact) mass is 401 g/mol. The third-order valence-corrected chi connectivity index (χ3v) is 5.61. The molecular formula is C24H27N5O. The second-order valence-electron chi connectivity index (χ2n) is 7.75. The van der Waals surface area contributed by atoms with E-state index in [1.165, 1.54) is 6.42 Å². The van der Waals surface area contributed by atoms with Gasteiger partial charge in [-0.3, -0.25) is 9.78 Å². The molecule has 0 atom stereocenters. The Morgan fingerprint density at radius 1 is 1.03 bits per heavy atom. The summed E-state index contributed by atoms with van der Waals surface area (Å²) in [6.45, 7) is 6.37. The fourth-order valence-electron chi connectivity index (χ4n) is 3.66. The van der Waals surface area contributed by atoms with Gasteiger partial charge in [-0.15, -0.1) is 0 Å². The zero-order valence-corrected chi connectivity index (χ0v) is 17.6. The van der Waals surface area contributed by atoms with Crippen LogP contribution in [-0.4, -0.2) is 38.8 Å². The summed E-state index contributed by atoms with van der Waals surface area (Å²) in [6, 6.07) is 11.7. The van der Waals surface area contributed by atoms with E-state index in [1.807, 2.05) is 55.1 Å². The number of pyridine rings is 1. The van der Waals surface area contributed by atoms with E-state index in [4.69, 9.17) is 4.98 Å². The number of amides is 1. The van der Waals surface area contributed by atoms with Gasteiger partial charge < -0.3 is 10.2 Å². The van der Waals surface area contributed by atoms with E-state index in [0.29, 0.717) is 12.4 Å². The van der Waals surface area contributed by atoms with Gasteiger partial charge in [-0.25, -0.2) is 9.97 Å². The first-order chi connectivity index (χ1) is 14.6. The van der Waals surface area contributed by atoms with E-state index in [-0.39, 0.29) is 5.91 Å². The molecule has 0 bridgehead atoms. The molecule has 2 aromatic heterocycles. The first-order valence-electron chi connectivity index (χ1n) is 10.5. The average molecular weight is 402 g/mol. The van der Waals surface area contributed by atoms with Crippen molar-refractivity contribution in [3.8, 4) is 11.4 Å². The molecule has 0 radical (unpaired) electrons. The second kappa shape index (κ2) is 9.03. The van der Waals surface area contributed by atoms with Crippen molar-refractivity contribution >= 4 is 11.7 Å². The molecule has 4 rings (SSSR count). The van der Waals surface area contributed by atoms with E-state index in [0.717, 1.165) is 59.7 Å². The van der Waals surface area contributed by atoms with Gasteiger partial charge in [0.05, 0.1) is 0 Å². The van der Waals surface area contributed by atoms with Crippen molar-refractivity contribution in [1.29, 1.82) is 0 Å². The molecule has 1 fully saturated rings. The van der Waals surface area contributed by atoms with Crippen molar-refractivity contribution in [2.75, 3.05) is 18.4 Å². The number of nitrogens with zero attached hydrogens (tertiary/aromatic N) is 4. The maximum atomic E-state index is 12.6. The zero-order chi connectivity index (χ0) is 20.9. The van der Waals surface area contributed by atoms with Crippen molar-refractivity contribution in [3.05, 3.63) is 71.2 Å². The molecule has 1 aromatic carbocycles. The van der Waals surface area contributed by atoms with Gasteiger partial charge in [0.15, 0.2) is 5.82 Å². The molecule has 0 saturated carbocycles. The van der Waals surface area contributed by atoms with Crippen LogP contribution in [0.2, 0.25) is 0 Å². The van der Waals surface area contributed by atoms with Crippen LogP contribution in [0.1, 0.15) is 46.4 Å². The van der Waals surface area contributed by atoms with Gasteiger partial charge in [-0.1, -0.05) is 12.1 Å². The Bertz CT molecular complexity index is 1010. The minimum absolute atomic E-state index is 0.137. The number of piperidine rings is 1. The summed E-state index contributed by atoms with van der Waals surface area (Å²) in [5.74, 6) is 1.61. The minimum atomic E-state index is 0.137. The number of hydrogen-bond acceptors (Lipinski definition) is 5. The van der Waals surface area contributed by atoms with Crippen LogP contribution in [0.15, 0.2) is 48.8 Å². The van der Waals surface area contributed by atoms with Crippen molar-refractivity contribution in [2.45, 2.75) is 39.7 Å². The van der Waals surface area contributed by atoms with Crippen molar-refractivity contribution in [2.24, 2.45) is 0 Å². The first-order valence-corrected chi connectivity index (χ1v) is 10.5. The summed E-state index contributed by atoms with van der Waals surface area (Å²) in [5, 5.41) is 3.43. The molecule has 6 heteroatoms. The van der Waals surface area contributed by atoms with Crippen molar-refractivity contribution in [1.82, 2.24) is 19.9 Å². The standard InChI is InChI=1S/C24H27N5O/c1-17-18(2)27-23(21-7-6-12-25-16-21)28-22(17)26-15-19-8-10-20(11-9-19)24(30)29-13-4-3-5-14-29/h6-12,16H,3-5,13-15H2,1-2H3,(H,26,27,28). The van der Waals surface area contributed by atoms with Crippen LogP contribution < -0.4 is 5.32 Å². The lowest BCUT2D eigenvalue weighted by molar-refractivity contribution is 0.0724. The molecule has 0 spiro atoms. The molecule has 1 aliphatic heterocycles. The predicted molar refractivity (Wildman–Crippen MR) is 118 cm³/mol. The van der Waals surface area contributed by atoms with Gasteiger partial charge in [0.1, 0.15) is 5.82 Å². The van der Waals surface area contributed by atoms with Gasteiger partial charge >= 0.3 is 0 Å². The molecule has 3 heterocycles. The molecule has 1 aliphatic rings. The van der Waals surface area contributed by atoms with Gasteiger partial charge in [0.2, 0.25) is 0 Å². The molecule has 30 heavy (non-hydrogen) atoms. The van der Waals surface area contributed by atoms with Crippen LogP contribution in [0.3, 0.4) is 0 Å². The van der Waals surface area contributed by atoms with Crippen molar-refractivity contribution < 1.29 is 4.79 Å². The Morgan fingerprint density at radius 3 is 2.50 bits per heavy atom. The van der Waals surface area contributed by atoms with Crippen LogP contribution in [-0.2, 0) is 6.54 Å². The van der Waals surface area contributed by atoms with Crippen molar-refractivity contribution in [3.63, 3.8) is 0 Å². The summed E-state index contributed by atoms with van der Waals surface area (Å²) in [6.07, 6.45) is 6.94. The van der Waals surface area contributed by atoms with Crippen LogP contribution in [0.25, 0.3) is 11.4 Å². The zero-order valence-electron chi connectivity index (χ0n) is 17.6. The molecule has 1 amide bonds. The maximum Gasteiger partial charge on any atom is 0.253 e. The Kier molecular flexibility index (Phi) is 6.02. The topological polar surface area (TPSA) is 71.0 Å². The lowest BCUT2D eigenvalue weighted by Crippen LogP contribution is -2.35. The van der Waals surface area contributed by atoms with E-state index < -0.39 is 0 Å². The molecule has 3 aromatic rings. The Morgan fingerprint density at radius 2 is 1.80 bits per heavy atom. The fraction of sp³-hybridized carbons (Fsp3) is 0.333. The second-order valence-corrected chi connectivity index (χ2v) is 7.75. The highest BCUT2D eigenvalue weighted by Gasteiger charge is 2.18. The number of aromatic nitrogens is 3. The summed E-state index contributed by atoms with van der Waals surface area (Å²) in [7, 11) is 0. The number of benzene rings is 1. The van der Waals surface area contributed by atoms with Gasteiger partial charge in [-0.05, 0) is 62.9 Å². The minimum Gasteiger partial charge on any atom is -0.366 e. The third kappa shape index (κ3) is 4.48. The Balaban J connectivity index is 1.45. The summed E-state index contributed by atoms with van der Waals surface area (Å²) in [5.41, 5.74) is 4.72. The smallest absolute Gasteiger partial charge is 0.253 e. The van der Waals surface area contributed by atoms with Crippen LogP contribution >= 0.6 is 0 Å². The highest BCUT2D eigenvalue weighted by molar-refractivity contribution is 5.94. The number of hydrogen-bond donors (Lipinski definition) is 1. The van der Waals surface area contributed by atoms with Gasteiger partial charge in [0.25, 0.3) is 5.91 Å². The SMILES string of the molecule is Cc1nc(-c2cccnc2)nc(NCc2ccc(C(=O)N3CCCCC3)cc2)c1C. The van der Waals surface area contributed by atoms with Crippen LogP contribution in [0.4, 0.5) is 5.82 Å². The van der Waals surface area contributed by atoms with E-state index in [9.17, 15) is 4.79 Å².